The summed E-state index contributed by atoms with van der Waals surface area (Å²) in [7, 11) is 0. The lowest BCUT2D eigenvalue weighted by atomic mass is 9.99. The van der Waals surface area contributed by atoms with Crippen molar-refractivity contribution >= 4 is 17.7 Å². The number of carboxylic acid groups (broad SMARTS) is 1. The molecule has 110 valence electrons. The SMILES string of the molecule is CC1CN(C(=O)Nc2ccc(C#N)cc2F)CC1C(=O)O. The fourth-order valence-electron chi connectivity index (χ4n) is 2.33. The van der Waals surface area contributed by atoms with Gasteiger partial charge < -0.3 is 15.3 Å². The summed E-state index contributed by atoms with van der Waals surface area (Å²) in [4.78, 5) is 24.4. The number of benzene rings is 1. The van der Waals surface area contributed by atoms with Crippen molar-refractivity contribution in [1.82, 2.24) is 4.90 Å². The number of aliphatic carboxylic acids is 1. The summed E-state index contributed by atoms with van der Waals surface area (Å²) in [5.74, 6) is -2.41. The van der Waals surface area contributed by atoms with E-state index in [9.17, 15) is 14.0 Å². The molecule has 2 atom stereocenters. The first-order valence-electron chi connectivity index (χ1n) is 6.40. The van der Waals surface area contributed by atoms with Crippen molar-refractivity contribution < 1.29 is 19.1 Å². The van der Waals surface area contributed by atoms with E-state index in [2.05, 4.69) is 5.32 Å². The van der Waals surface area contributed by atoms with Gasteiger partial charge in [-0.25, -0.2) is 9.18 Å². The van der Waals surface area contributed by atoms with Gasteiger partial charge in [0.25, 0.3) is 0 Å². The van der Waals surface area contributed by atoms with Gasteiger partial charge in [-0.05, 0) is 24.1 Å². The number of carbonyl (C=O) groups excluding carboxylic acids is 1. The zero-order valence-electron chi connectivity index (χ0n) is 11.3. The van der Waals surface area contributed by atoms with Crippen LogP contribution >= 0.6 is 0 Å². The summed E-state index contributed by atoms with van der Waals surface area (Å²) in [6, 6.07) is 4.98. The van der Waals surface area contributed by atoms with Gasteiger partial charge in [-0.2, -0.15) is 5.26 Å². The van der Waals surface area contributed by atoms with E-state index in [4.69, 9.17) is 10.4 Å². The second kappa shape index (κ2) is 5.79. The van der Waals surface area contributed by atoms with E-state index in [1.54, 1.807) is 13.0 Å². The third-order valence-corrected chi connectivity index (χ3v) is 3.56. The van der Waals surface area contributed by atoms with E-state index in [0.29, 0.717) is 6.54 Å². The molecule has 6 nitrogen and oxygen atoms in total. The van der Waals surface area contributed by atoms with E-state index >= 15 is 0 Å². The number of urea groups is 1. The number of rotatable bonds is 2. The highest BCUT2D eigenvalue weighted by Crippen LogP contribution is 2.24. The molecule has 1 aromatic rings. The lowest BCUT2D eigenvalue weighted by molar-refractivity contribution is -0.142. The Labute approximate surface area is 120 Å². The van der Waals surface area contributed by atoms with Crippen molar-refractivity contribution in [2.24, 2.45) is 11.8 Å². The number of carboxylic acids is 1. The van der Waals surface area contributed by atoms with Crippen LogP contribution in [0.15, 0.2) is 18.2 Å². The van der Waals surface area contributed by atoms with Gasteiger partial charge in [0, 0.05) is 13.1 Å². The summed E-state index contributed by atoms with van der Waals surface area (Å²) < 4.78 is 13.7. The summed E-state index contributed by atoms with van der Waals surface area (Å²) >= 11 is 0. The second-order valence-electron chi connectivity index (χ2n) is 5.06. The fraction of sp³-hybridized carbons (Fsp3) is 0.357. The minimum Gasteiger partial charge on any atom is -0.481 e. The Bertz CT molecular complexity index is 626. The number of hydrogen-bond donors (Lipinski definition) is 2. The molecule has 1 saturated heterocycles. The molecule has 2 N–H and O–H groups in total. The molecule has 1 aliphatic rings. The van der Waals surface area contributed by atoms with E-state index in [0.717, 1.165) is 6.07 Å². The van der Waals surface area contributed by atoms with Gasteiger partial charge >= 0.3 is 12.0 Å². The zero-order valence-corrected chi connectivity index (χ0v) is 11.3. The second-order valence-corrected chi connectivity index (χ2v) is 5.06. The highest BCUT2D eigenvalue weighted by molar-refractivity contribution is 5.90. The summed E-state index contributed by atoms with van der Waals surface area (Å²) in [5, 5.41) is 20.1. The molecule has 0 saturated carbocycles. The highest BCUT2D eigenvalue weighted by Gasteiger charge is 2.37. The molecule has 0 bridgehead atoms. The first-order valence-corrected chi connectivity index (χ1v) is 6.40. The molecule has 1 aromatic carbocycles. The Kier molecular flexibility index (Phi) is 4.08. The van der Waals surface area contributed by atoms with Crippen LogP contribution in [0.4, 0.5) is 14.9 Å². The van der Waals surface area contributed by atoms with Crippen molar-refractivity contribution in [1.29, 1.82) is 5.26 Å². The van der Waals surface area contributed by atoms with Crippen molar-refractivity contribution in [3.05, 3.63) is 29.6 Å². The number of amides is 2. The Morgan fingerprint density at radius 3 is 2.71 bits per heavy atom. The maximum atomic E-state index is 13.7. The predicted molar refractivity (Wildman–Crippen MR) is 72.0 cm³/mol. The Hall–Kier alpha value is -2.62. The quantitative estimate of drug-likeness (QED) is 0.870. The highest BCUT2D eigenvalue weighted by atomic mass is 19.1. The van der Waals surface area contributed by atoms with E-state index in [-0.39, 0.29) is 23.7 Å². The van der Waals surface area contributed by atoms with Crippen LogP contribution in [-0.4, -0.2) is 35.1 Å². The fourth-order valence-corrected chi connectivity index (χ4v) is 2.33. The Morgan fingerprint density at radius 2 is 2.19 bits per heavy atom. The maximum absolute atomic E-state index is 13.7. The molecule has 1 aliphatic heterocycles. The molecule has 0 aliphatic carbocycles. The number of nitriles is 1. The van der Waals surface area contributed by atoms with Crippen LogP contribution < -0.4 is 5.32 Å². The monoisotopic (exact) mass is 291 g/mol. The van der Waals surface area contributed by atoms with E-state index in [1.165, 1.54) is 17.0 Å². The van der Waals surface area contributed by atoms with Crippen molar-refractivity contribution in [3.8, 4) is 6.07 Å². The van der Waals surface area contributed by atoms with Crippen LogP contribution in [0.3, 0.4) is 0 Å². The van der Waals surface area contributed by atoms with Crippen molar-refractivity contribution in [2.75, 3.05) is 18.4 Å². The molecule has 2 amide bonds. The number of carbonyl (C=O) groups is 2. The van der Waals surface area contributed by atoms with Crippen molar-refractivity contribution in [2.45, 2.75) is 6.92 Å². The largest absolute Gasteiger partial charge is 0.481 e. The van der Waals surface area contributed by atoms with Gasteiger partial charge in [-0.3, -0.25) is 4.79 Å². The van der Waals surface area contributed by atoms with Crippen LogP contribution in [-0.2, 0) is 4.79 Å². The average molecular weight is 291 g/mol. The number of nitrogens with zero attached hydrogens (tertiary/aromatic N) is 2. The molecule has 7 heteroatoms. The third-order valence-electron chi connectivity index (χ3n) is 3.56. The Morgan fingerprint density at radius 1 is 1.48 bits per heavy atom. The number of nitrogens with one attached hydrogen (secondary N) is 1. The average Bonchev–Trinajstić information content (AvgIpc) is 2.83. The van der Waals surface area contributed by atoms with Crippen LogP contribution in [0, 0.1) is 29.0 Å². The number of likely N-dealkylation sites (tertiary alicyclic amines) is 1. The van der Waals surface area contributed by atoms with E-state index < -0.39 is 23.7 Å². The van der Waals surface area contributed by atoms with Gasteiger partial charge in [0.15, 0.2) is 0 Å². The van der Waals surface area contributed by atoms with Gasteiger partial charge in [0.05, 0.1) is 23.2 Å². The minimum absolute atomic E-state index is 0.0366. The molecule has 1 fully saturated rings. The molecule has 0 aromatic heterocycles. The summed E-state index contributed by atoms with van der Waals surface area (Å²) in [6.45, 7) is 2.16. The lowest BCUT2D eigenvalue weighted by Gasteiger charge is -2.17. The van der Waals surface area contributed by atoms with Crippen LogP contribution in [0.25, 0.3) is 0 Å². The van der Waals surface area contributed by atoms with Gasteiger partial charge in [-0.15, -0.1) is 0 Å². The lowest BCUT2D eigenvalue weighted by Crippen LogP contribution is -2.34. The smallest absolute Gasteiger partial charge is 0.321 e. The zero-order chi connectivity index (χ0) is 15.6. The first-order chi connectivity index (χ1) is 9.92. The summed E-state index contributed by atoms with van der Waals surface area (Å²) in [5.41, 5.74) is 0.122. The Balaban J connectivity index is 2.06. The van der Waals surface area contributed by atoms with Crippen molar-refractivity contribution in [3.63, 3.8) is 0 Å². The minimum atomic E-state index is -0.942. The molecule has 2 rings (SSSR count). The topological polar surface area (TPSA) is 93.4 Å². The number of hydrogen-bond acceptors (Lipinski definition) is 3. The predicted octanol–water partition coefficient (Wildman–Crippen LogP) is 1.88. The van der Waals surface area contributed by atoms with Gasteiger partial charge in [-0.1, -0.05) is 6.92 Å². The molecule has 21 heavy (non-hydrogen) atoms. The molecule has 0 spiro atoms. The molecular formula is C14H14FN3O3. The summed E-state index contributed by atoms with van der Waals surface area (Å²) in [6.07, 6.45) is 0. The molecule has 0 radical (unpaired) electrons. The van der Waals surface area contributed by atoms with E-state index in [1.807, 2.05) is 0 Å². The molecular weight excluding hydrogens is 277 g/mol. The van der Waals surface area contributed by atoms with Crippen LogP contribution in [0.1, 0.15) is 12.5 Å². The van der Waals surface area contributed by atoms with Gasteiger partial charge in [0.2, 0.25) is 0 Å². The maximum Gasteiger partial charge on any atom is 0.321 e. The first kappa shape index (κ1) is 14.8. The van der Waals surface area contributed by atoms with Crippen LogP contribution in [0.2, 0.25) is 0 Å². The number of anilines is 1. The molecule has 1 heterocycles. The molecule has 2 unspecified atom stereocenters. The number of halogens is 1. The van der Waals surface area contributed by atoms with Crippen LogP contribution in [0.5, 0.6) is 0 Å². The van der Waals surface area contributed by atoms with Gasteiger partial charge in [0.1, 0.15) is 5.82 Å². The standard InChI is InChI=1S/C14H14FN3O3/c1-8-6-18(7-10(8)13(19)20)14(21)17-12-3-2-9(5-16)4-11(12)15/h2-4,8,10H,6-7H2,1H3,(H,17,21)(H,19,20). The third kappa shape index (κ3) is 3.11. The normalized spacial score (nSPS) is 20.9.